The highest BCUT2D eigenvalue weighted by Gasteiger charge is 2.09. The maximum atomic E-state index is 11.8. The zero-order chi connectivity index (χ0) is 13.7. The minimum Gasteiger partial charge on any atom is -0.330 e. The van der Waals surface area contributed by atoms with E-state index in [4.69, 9.17) is 17.3 Å². The van der Waals surface area contributed by atoms with Crippen molar-refractivity contribution in [2.24, 2.45) is 5.73 Å². The Morgan fingerprint density at radius 1 is 1.21 bits per heavy atom. The number of halogens is 1. The lowest BCUT2D eigenvalue weighted by Gasteiger charge is -2.05. The van der Waals surface area contributed by atoms with Crippen molar-refractivity contribution in [3.8, 4) is 5.69 Å². The van der Waals surface area contributed by atoms with Gasteiger partial charge < -0.3 is 5.73 Å². The number of aryl methyl sites for hydroxylation is 1. The van der Waals surface area contributed by atoms with Crippen LogP contribution in [-0.4, -0.2) is 21.3 Å². The Kier molecular flexibility index (Phi) is 4.76. The molecule has 102 valence electrons. The molecule has 0 unspecified atom stereocenters. The van der Waals surface area contributed by atoms with Crippen LogP contribution in [0.5, 0.6) is 0 Å². The molecule has 2 aromatic rings. The van der Waals surface area contributed by atoms with Crippen LogP contribution in [0.4, 0.5) is 0 Å². The first-order valence-electron chi connectivity index (χ1n) is 6.34. The molecule has 1 aromatic heterocycles. The maximum Gasteiger partial charge on any atom is 0.347 e. The highest BCUT2D eigenvalue weighted by atomic mass is 35.5. The summed E-state index contributed by atoms with van der Waals surface area (Å²) >= 11 is 5.85. The Morgan fingerprint density at radius 3 is 2.63 bits per heavy atom. The number of rotatable bonds is 6. The summed E-state index contributed by atoms with van der Waals surface area (Å²) in [5, 5.41) is 7.21. The second-order valence-corrected chi connectivity index (χ2v) is 4.79. The predicted octanol–water partition coefficient (Wildman–Crippen LogP) is 1.89. The van der Waals surface area contributed by atoms with Crippen LogP contribution >= 0.6 is 11.6 Å². The smallest absolute Gasteiger partial charge is 0.330 e. The van der Waals surface area contributed by atoms with Gasteiger partial charge in [0.05, 0.1) is 5.69 Å². The summed E-state index contributed by atoms with van der Waals surface area (Å²) in [6.07, 6.45) is 3.75. The van der Waals surface area contributed by atoms with Crippen LogP contribution in [-0.2, 0) is 6.42 Å². The van der Waals surface area contributed by atoms with E-state index in [1.54, 1.807) is 16.7 Å². The first kappa shape index (κ1) is 13.8. The minimum atomic E-state index is -0.226. The summed E-state index contributed by atoms with van der Waals surface area (Å²) in [5.74, 6) is 0.740. The molecule has 2 rings (SSSR count). The fourth-order valence-corrected chi connectivity index (χ4v) is 2.08. The zero-order valence-electron chi connectivity index (χ0n) is 10.6. The van der Waals surface area contributed by atoms with E-state index in [1.807, 2.05) is 12.1 Å². The summed E-state index contributed by atoms with van der Waals surface area (Å²) in [4.78, 5) is 11.8. The summed E-state index contributed by atoms with van der Waals surface area (Å²) < 4.78 is 1.58. The van der Waals surface area contributed by atoms with E-state index in [1.165, 1.54) is 0 Å². The van der Waals surface area contributed by atoms with Gasteiger partial charge >= 0.3 is 5.69 Å². The number of nitrogens with two attached hydrogens (primary N) is 1. The van der Waals surface area contributed by atoms with Gasteiger partial charge in [-0.1, -0.05) is 18.0 Å². The molecule has 6 heteroatoms. The van der Waals surface area contributed by atoms with Gasteiger partial charge in [0.1, 0.15) is 5.82 Å². The van der Waals surface area contributed by atoms with Crippen molar-refractivity contribution in [1.82, 2.24) is 14.8 Å². The second kappa shape index (κ2) is 6.54. The van der Waals surface area contributed by atoms with Crippen LogP contribution in [0.25, 0.3) is 5.69 Å². The second-order valence-electron chi connectivity index (χ2n) is 4.36. The Labute approximate surface area is 116 Å². The Bertz CT molecular complexity index is 573. The molecule has 0 bridgehead atoms. The van der Waals surface area contributed by atoms with Crippen LogP contribution < -0.4 is 11.4 Å². The van der Waals surface area contributed by atoms with E-state index >= 15 is 0 Å². The van der Waals surface area contributed by atoms with Crippen LogP contribution in [0.1, 0.15) is 25.1 Å². The van der Waals surface area contributed by atoms with Gasteiger partial charge in [-0.2, -0.15) is 5.10 Å². The third-order valence-electron chi connectivity index (χ3n) is 2.93. The highest BCUT2D eigenvalue weighted by Crippen LogP contribution is 2.14. The summed E-state index contributed by atoms with van der Waals surface area (Å²) in [7, 11) is 0. The molecule has 3 N–H and O–H groups in total. The molecule has 19 heavy (non-hydrogen) atoms. The molecular weight excluding hydrogens is 264 g/mol. The van der Waals surface area contributed by atoms with Gasteiger partial charge in [0.15, 0.2) is 0 Å². The molecule has 0 spiro atoms. The SMILES string of the molecule is NCCCCCc1n[nH]c(=O)n1-c1ccc(Cl)cc1. The van der Waals surface area contributed by atoms with Gasteiger partial charge in [0, 0.05) is 11.4 Å². The lowest BCUT2D eigenvalue weighted by molar-refractivity contribution is 0.661. The van der Waals surface area contributed by atoms with Crippen molar-refractivity contribution in [3.63, 3.8) is 0 Å². The molecule has 0 saturated carbocycles. The molecule has 0 aliphatic rings. The third-order valence-corrected chi connectivity index (χ3v) is 3.18. The van der Waals surface area contributed by atoms with E-state index in [0.29, 0.717) is 11.6 Å². The van der Waals surface area contributed by atoms with Gasteiger partial charge in [0.25, 0.3) is 0 Å². The lowest BCUT2D eigenvalue weighted by Crippen LogP contribution is -2.16. The molecule has 0 radical (unpaired) electrons. The molecule has 1 heterocycles. The van der Waals surface area contributed by atoms with Crippen molar-refractivity contribution in [2.75, 3.05) is 6.54 Å². The van der Waals surface area contributed by atoms with Gasteiger partial charge in [-0.15, -0.1) is 0 Å². The molecule has 0 aliphatic carbocycles. The van der Waals surface area contributed by atoms with E-state index in [9.17, 15) is 4.79 Å². The Balaban J connectivity index is 2.18. The fraction of sp³-hybridized carbons (Fsp3) is 0.385. The average Bonchev–Trinajstić information content (AvgIpc) is 2.77. The highest BCUT2D eigenvalue weighted by molar-refractivity contribution is 6.30. The van der Waals surface area contributed by atoms with Crippen molar-refractivity contribution in [1.29, 1.82) is 0 Å². The van der Waals surface area contributed by atoms with E-state index in [0.717, 1.165) is 37.2 Å². The van der Waals surface area contributed by atoms with Gasteiger partial charge in [-0.3, -0.25) is 0 Å². The first-order chi connectivity index (χ1) is 9.22. The van der Waals surface area contributed by atoms with E-state index in [2.05, 4.69) is 10.2 Å². The molecule has 0 atom stereocenters. The van der Waals surface area contributed by atoms with Crippen LogP contribution in [0.3, 0.4) is 0 Å². The summed E-state index contributed by atoms with van der Waals surface area (Å²) in [5.41, 5.74) is 6.01. The number of aromatic amines is 1. The summed E-state index contributed by atoms with van der Waals surface area (Å²) in [6.45, 7) is 0.699. The van der Waals surface area contributed by atoms with Crippen molar-refractivity contribution < 1.29 is 0 Å². The molecule has 5 nitrogen and oxygen atoms in total. The molecule has 0 aliphatic heterocycles. The molecule has 0 fully saturated rings. The number of unbranched alkanes of at least 4 members (excludes halogenated alkanes) is 2. The molecule has 0 saturated heterocycles. The third kappa shape index (κ3) is 3.45. The predicted molar refractivity (Wildman–Crippen MR) is 75.8 cm³/mol. The van der Waals surface area contributed by atoms with Crippen LogP contribution in [0, 0.1) is 0 Å². The number of hydrogen-bond donors (Lipinski definition) is 2. The van der Waals surface area contributed by atoms with Crippen molar-refractivity contribution in [2.45, 2.75) is 25.7 Å². The van der Waals surface area contributed by atoms with Crippen molar-refractivity contribution in [3.05, 3.63) is 45.6 Å². The number of aromatic nitrogens is 3. The average molecular weight is 281 g/mol. The lowest BCUT2D eigenvalue weighted by atomic mass is 10.2. The first-order valence-corrected chi connectivity index (χ1v) is 6.72. The number of benzene rings is 1. The maximum absolute atomic E-state index is 11.8. The standard InChI is InChI=1S/C13H17ClN4O/c14-10-5-7-11(8-6-10)18-12(16-17-13(18)19)4-2-1-3-9-15/h5-8H,1-4,9,15H2,(H,17,19). The molecule has 0 amide bonds. The number of nitrogens with zero attached hydrogens (tertiary/aromatic N) is 2. The Morgan fingerprint density at radius 2 is 1.95 bits per heavy atom. The zero-order valence-corrected chi connectivity index (χ0v) is 11.4. The fourth-order valence-electron chi connectivity index (χ4n) is 1.96. The van der Waals surface area contributed by atoms with Gasteiger partial charge in [-0.05, 0) is 43.7 Å². The van der Waals surface area contributed by atoms with E-state index in [-0.39, 0.29) is 5.69 Å². The van der Waals surface area contributed by atoms with Crippen LogP contribution in [0.15, 0.2) is 29.1 Å². The van der Waals surface area contributed by atoms with Crippen LogP contribution in [0.2, 0.25) is 5.02 Å². The quantitative estimate of drug-likeness (QED) is 0.793. The monoisotopic (exact) mass is 280 g/mol. The topological polar surface area (TPSA) is 76.7 Å². The molecule has 1 aromatic carbocycles. The molecular formula is C13H17ClN4O. The van der Waals surface area contributed by atoms with Gasteiger partial charge in [0.2, 0.25) is 0 Å². The van der Waals surface area contributed by atoms with E-state index < -0.39 is 0 Å². The van der Waals surface area contributed by atoms with Gasteiger partial charge in [-0.25, -0.2) is 14.5 Å². The normalized spacial score (nSPS) is 10.8. The summed E-state index contributed by atoms with van der Waals surface area (Å²) in [6, 6.07) is 7.13. The minimum absolute atomic E-state index is 0.226. The largest absolute Gasteiger partial charge is 0.347 e. The number of nitrogens with one attached hydrogen (secondary N) is 1. The van der Waals surface area contributed by atoms with Crippen molar-refractivity contribution >= 4 is 11.6 Å². The number of hydrogen-bond acceptors (Lipinski definition) is 3. The Hall–Kier alpha value is -1.59. The number of H-pyrrole nitrogens is 1.